The number of para-hydroxylation sites is 2. The third-order valence-corrected chi connectivity index (χ3v) is 3.75. The second kappa shape index (κ2) is 7.21. The molecule has 0 aliphatic rings. The van der Waals surface area contributed by atoms with E-state index in [1.165, 1.54) is 0 Å². The lowest BCUT2D eigenvalue weighted by Gasteiger charge is -2.16. The van der Waals surface area contributed by atoms with Gasteiger partial charge in [0, 0.05) is 11.1 Å². The van der Waals surface area contributed by atoms with Gasteiger partial charge >= 0.3 is 0 Å². The molecule has 24 heavy (non-hydrogen) atoms. The van der Waals surface area contributed by atoms with Crippen LogP contribution in [0.15, 0.2) is 49.1 Å². The number of aromatic nitrogens is 2. The standard InChI is InChI=1S/C20H22N2O2/c1-4-9-14-12-15(13-18(23-5-2)19(14)24-6-3)20-21-16-10-7-8-11-17(16)22-20/h4,7-8,10-13H,1,5-6,9H2,2-3H3,(H,21,22). The molecule has 124 valence electrons. The SMILES string of the molecule is C=CCc1cc(-c2nc3ccccc3[nH]2)cc(OCC)c1OCC. The Morgan fingerprint density at radius 2 is 1.92 bits per heavy atom. The number of nitrogens with zero attached hydrogens (tertiary/aromatic N) is 1. The number of fused-ring (bicyclic) bond motifs is 1. The van der Waals surface area contributed by atoms with Gasteiger partial charge in [-0.1, -0.05) is 18.2 Å². The van der Waals surface area contributed by atoms with Crippen LogP contribution in [0.5, 0.6) is 11.5 Å². The van der Waals surface area contributed by atoms with E-state index in [4.69, 9.17) is 9.47 Å². The van der Waals surface area contributed by atoms with Crippen molar-refractivity contribution in [1.82, 2.24) is 9.97 Å². The van der Waals surface area contributed by atoms with E-state index in [1.807, 2.05) is 50.3 Å². The van der Waals surface area contributed by atoms with Crippen LogP contribution in [-0.2, 0) is 6.42 Å². The van der Waals surface area contributed by atoms with Crippen LogP contribution in [-0.4, -0.2) is 23.2 Å². The minimum atomic E-state index is 0.581. The summed E-state index contributed by atoms with van der Waals surface area (Å²) in [5.41, 5.74) is 4.00. The Balaban J connectivity index is 2.14. The predicted octanol–water partition coefficient (Wildman–Crippen LogP) is 4.76. The van der Waals surface area contributed by atoms with E-state index in [0.717, 1.165) is 39.5 Å². The number of H-pyrrole nitrogens is 1. The molecule has 0 amide bonds. The van der Waals surface area contributed by atoms with Crippen molar-refractivity contribution >= 4 is 11.0 Å². The molecular weight excluding hydrogens is 300 g/mol. The fraction of sp³-hybridized carbons (Fsp3) is 0.250. The van der Waals surface area contributed by atoms with E-state index in [-0.39, 0.29) is 0 Å². The summed E-state index contributed by atoms with van der Waals surface area (Å²) in [6.07, 6.45) is 2.58. The maximum atomic E-state index is 5.82. The molecule has 0 bridgehead atoms. The second-order valence-electron chi connectivity index (χ2n) is 5.42. The number of benzene rings is 2. The Morgan fingerprint density at radius 1 is 1.12 bits per heavy atom. The quantitative estimate of drug-likeness (QED) is 0.638. The van der Waals surface area contributed by atoms with Crippen molar-refractivity contribution in [1.29, 1.82) is 0 Å². The summed E-state index contributed by atoms with van der Waals surface area (Å²) < 4.78 is 11.6. The molecule has 3 aromatic rings. The van der Waals surface area contributed by atoms with Crippen LogP contribution in [0, 0.1) is 0 Å². The predicted molar refractivity (Wildman–Crippen MR) is 97.8 cm³/mol. The minimum absolute atomic E-state index is 0.581. The molecule has 0 aliphatic heterocycles. The first-order chi connectivity index (χ1) is 11.8. The Labute approximate surface area is 142 Å². The van der Waals surface area contributed by atoms with Gasteiger partial charge in [0.15, 0.2) is 11.5 Å². The van der Waals surface area contributed by atoms with Gasteiger partial charge in [0.1, 0.15) is 5.82 Å². The Hall–Kier alpha value is -2.75. The number of nitrogens with one attached hydrogen (secondary N) is 1. The highest BCUT2D eigenvalue weighted by atomic mass is 16.5. The van der Waals surface area contributed by atoms with E-state index in [1.54, 1.807) is 0 Å². The summed E-state index contributed by atoms with van der Waals surface area (Å²) in [7, 11) is 0. The van der Waals surface area contributed by atoms with Gasteiger partial charge in [0.05, 0.1) is 24.2 Å². The highest BCUT2D eigenvalue weighted by Crippen LogP contribution is 2.37. The van der Waals surface area contributed by atoms with Crippen molar-refractivity contribution in [2.45, 2.75) is 20.3 Å². The molecule has 1 aromatic heterocycles. The minimum Gasteiger partial charge on any atom is -0.490 e. The van der Waals surface area contributed by atoms with Gasteiger partial charge in [0.25, 0.3) is 0 Å². The molecule has 0 unspecified atom stereocenters. The van der Waals surface area contributed by atoms with Crippen LogP contribution in [0.3, 0.4) is 0 Å². The number of hydrogen-bond acceptors (Lipinski definition) is 3. The maximum Gasteiger partial charge on any atom is 0.164 e. The molecule has 1 heterocycles. The van der Waals surface area contributed by atoms with Crippen molar-refractivity contribution in [3.05, 3.63) is 54.6 Å². The van der Waals surface area contributed by atoms with Gasteiger partial charge in [-0.2, -0.15) is 0 Å². The third kappa shape index (κ3) is 3.13. The molecule has 4 heteroatoms. The molecule has 0 saturated carbocycles. The Morgan fingerprint density at radius 3 is 2.62 bits per heavy atom. The Kier molecular flexibility index (Phi) is 4.85. The molecule has 3 rings (SSSR count). The normalized spacial score (nSPS) is 10.8. The molecule has 0 atom stereocenters. The summed E-state index contributed by atoms with van der Waals surface area (Å²) in [6, 6.07) is 12.1. The molecule has 1 N–H and O–H groups in total. The summed E-state index contributed by atoms with van der Waals surface area (Å²) in [5, 5.41) is 0. The molecule has 0 saturated heterocycles. The fourth-order valence-electron chi connectivity index (χ4n) is 2.76. The monoisotopic (exact) mass is 322 g/mol. The van der Waals surface area contributed by atoms with E-state index < -0.39 is 0 Å². The van der Waals surface area contributed by atoms with Gasteiger partial charge in [0.2, 0.25) is 0 Å². The molecule has 0 fully saturated rings. The number of hydrogen-bond donors (Lipinski definition) is 1. The zero-order chi connectivity index (χ0) is 16.9. The highest BCUT2D eigenvalue weighted by Gasteiger charge is 2.15. The number of imidazole rings is 1. The van der Waals surface area contributed by atoms with Crippen molar-refractivity contribution < 1.29 is 9.47 Å². The largest absolute Gasteiger partial charge is 0.490 e. The highest BCUT2D eigenvalue weighted by molar-refractivity contribution is 5.80. The number of allylic oxidation sites excluding steroid dienone is 1. The van der Waals surface area contributed by atoms with Crippen LogP contribution in [0.4, 0.5) is 0 Å². The molecular formula is C20H22N2O2. The number of rotatable bonds is 7. The van der Waals surface area contributed by atoms with Crippen molar-refractivity contribution in [2.75, 3.05) is 13.2 Å². The first-order valence-electron chi connectivity index (χ1n) is 8.25. The van der Waals surface area contributed by atoms with Crippen LogP contribution in [0.1, 0.15) is 19.4 Å². The second-order valence-corrected chi connectivity index (χ2v) is 5.42. The lowest BCUT2D eigenvalue weighted by Crippen LogP contribution is -2.02. The van der Waals surface area contributed by atoms with Crippen LogP contribution < -0.4 is 9.47 Å². The zero-order valence-electron chi connectivity index (χ0n) is 14.1. The smallest absolute Gasteiger partial charge is 0.164 e. The summed E-state index contributed by atoms with van der Waals surface area (Å²) in [4.78, 5) is 8.05. The van der Waals surface area contributed by atoms with Gasteiger partial charge in [-0.05, 0) is 44.5 Å². The van der Waals surface area contributed by atoms with Gasteiger partial charge in [-0.15, -0.1) is 6.58 Å². The van der Waals surface area contributed by atoms with E-state index in [9.17, 15) is 0 Å². The lowest BCUT2D eigenvalue weighted by atomic mass is 10.0. The number of ether oxygens (including phenoxy) is 2. The van der Waals surface area contributed by atoms with Crippen LogP contribution >= 0.6 is 0 Å². The van der Waals surface area contributed by atoms with Crippen LogP contribution in [0.25, 0.3) is 22.4 Å². The van der Waals surface area contributed by atoms with Crippen molar-refractivity contribution in [3.8, 4) is 22.9 Å². The summed E-state index contributed by atoms with van der Waals surface area (Å²) in [6.45, 7) is 8.96. The maximum absolute atomic E-state index is 5.82. The average molecular weight is 322 g/mol. The first-order valence-corrected chi connectivity index (χ1v) is 8.25. The summed E-state index contributed by atoms with van der Waals surface area (Å²) in [5.74, 6) is 2.36. The topological polar surface area (TPSA) is 47.1 Å². The average Bonchev–Trinajstić information content (AvgIpc) is 3.02. The molecule has 0 radical (unpaired) electrons. The van der Waals surface area contributed by atoms with Gasteiger partial charge in [-0.25, -0.2) is 4.98 Å². The summed E-state index contributed by atoms with van der Waals surface area (Å²) >= 11 is 0. The van der Waals surface area contributed by atoms with E-state index in [0.29, 0.717) is 19.6 Å². The first kappa shape index (κ1) is 16.1. The molecule has 2 aromatic carbocycles. The fourth-order valence-corrected chi connectivity index (χ4v) is 2.76. The van der Waals surface area contributed by atoms with Crippen molar-refractivity contribution in [2.24, 2.45) is 0 Å². The zero-order valence-corrected chi connectivity index (χ0v) is 14.1. The third-order valence-electron chi connectivity index (χ3n) is 3.75. The van der Waals surface area contributed by atoms with E-state index >= 15 is 0 Å². The lowest BCUT2D eigenvalue weighted by molar-refractivity contribution is 0.286. The van der Waals surface area contributed by atoms with Gasteiger partial charge in [-0.3, -0.25) is 0 Å². The Bertz CT molecular complexity index is 819. The number of aromatic amines is 1. The van der Waals surface area contributed by atoms with Gasteiger partial charge < -0.3 is 14.5 Å². The molecule has 0 spiro atoms. The van der Waals surface area contributed by atoms with E-state index in [2.05, 4.69) is 22.6 Å². The van der Waals surface area contributed by atoms with Crippen molar-refractivity contribution in [3.63, 3.8) is 0 Å². The molecule has 4 nitrogen and oxygen atoms in total. The molecule has 0 aliphatic carbocycles. The van der Waals surface area contributed by atoms with Crippen LogP contribution in [0.2, 0.25) is 0 Å².